The molecule has 1 saturated heterocycles. The molecule has 0 saturated carbocycles. The van der Waals surface area contributed by atoms with Gasteiger partial charge in [-0.05, 0) is 51.0 Å². The van der Waals surface area contributed by atoms with Crippen LogP contribution in [0.1, 0.15) is 52.4 Å². The third-order valence-electron chi connectivity index (χ3n) is 3.44. The molecule has 1 heterocycles. The minimum Gasteiger partial charge on any atom is -0.381 e. The Kier molecular flexibility index (Phi) is 7.03. The highest BCUT2D eigenvalue weighted by Crippen LogP contribution is 2.21. The van der Waals surface area contributed by atoms with Gasteiger partial charge >= 0.3 is 0 Å². The first-order chi connectivity index (χ1) is 7.36. The highest BCUT2D eigenvalue weighted by Gasteiger charge is 2.15. The Balaban J connectivity index is 2.09. The Morgan fingerprint density at radius 3 is 2.60 bits per heavy atom. The lowest BCUT2D eigenvalue weighted by molar-refractivity contribution is 0.0623. The maximum absolute atomic E-state index is 5.38. The first-order valence-electron chi connectivity index (χ1n) is 6.68. The zero-order valence-corrected chi connectivity index (χ0v) is 10.4. The summed E-state index contributed by atoms with van der Waals surface area (Å²) in [6, 6.07) is 0.743. The Bertz CT molecular complexity index is 143. The fraction of sp³-hybridized carbons (Fsp3) is 1.00. The third kappa shape index (κ3) is 5.53. The Hall–Kier alpha value is -0.0800. The van der Waals surface area contributed by atoms with E-state index in [0.29, 0.717) is 0 Å². The van der Waals surface area contributed by atoms with Crippen LogP contribution in [0.2, 0.25) is 0 Å². The van der Waals surface area contributed by atoms with Gasteiger partial charge in [0.2, 0.25) is 0 Å². The van der Waals surface area contributed by atoms with Crippen LogP contribution in [0.4, 0.5) is 0 Å². The zero-order chi connectivity index (χ0) is 10.9. The van der Waals surface area contributed by atoms with Crippen LogP contribution in [0.3, 0.4) is 0 Å². The van der Waals surface area contributed by atoms with E-state index in [1.807, 2.05) is 0 Å². The van der Waals surface area contributed by atoms with Crippen molar-refractivity contribution in [3.63, 3.8) is 0 Å². The molecular formula is C13H27NO. The minimum atomic E-state index is 0.743. The molecule has 90 valence electrons. The molecule has 0 aromatic carbocycles. The summed E-state index contributed by atoms with van der Waals surface area (Å²) >= 11 is 0. The number of rotatable bonds is 7. The van der Waals surface area contributed by atoms with Crippen molar-refractivity contribution in [2.24, 2.45) is 5.92 Å². The molecular weight excluding hydrogens is 186 g/mol. The van der Waals surface area contributed by atoms with Gasteiger partial charge in [-0.3, -0.25) is 0 Å². The molecule has 2 nitrogen and oxygen atoms in total. The summed E-state index contributed by atoms with van der Waals surface area (Å²) < 4.78 is 5.38. The summed E-state index contributed by atoms with van der Waals surface area (Å²) in [4.78, 5) is 0. The molecule has 0 aromatic rings. The molecule has 0 amide bonds. The lowest BCUT2D eigenvalue weighted by atomic mass is 9.92. The number of hydrogen-bond donors (Lipinski definition) is 1. The van der Waals surface area contributed by atoms with E-state index in [1.54, 1.807) is 0 Å². The second-order valence-corrected chi connectivity index (χ2v) is 4.69. The van der Waals surface area contributed by atoms with E-state index in [4.69, 9.17) is 4.74 Å². The zero-order valence-electron chi connectivity index (χ0n) is 10.4. The molecule has 2 heteroatoms. The molecule has 0 aromatic heterocycles. The van der Waals surface area contributed by atoms with Crippen molar-refractivity contribution in [3.05, 3.63) is 0 Å². The van der Waals surface area contributed by atoms with Crippen molar-refractivity contribution >= 4 is 0 Å². The first-order valence-corrected chi connectivity index (χ1v) is 6.68. The van der Waals surface area contributed by atoms with E-state index < -0.39 is 0 Å². The van der Waals surface area contributed by atoms with Gasteiger partial charge in [0.25, 0.3) is 0 Å². The lowest BCUT2D eigenvalue weighted by Gasteiger charge is -2.24. The predicted molar refractivity (Wildman–Crippen MR) is 65.1 cm³/mol. The van der Waals surface area contributed by atoms with Gasteiger partial charge in [0.1, 0.15) is 0 Å². The Morgan fingerprint density at radius 1 is 1.27 bits per heavy atom. The van der Waals surface area contributed by atoms with Crippen LogP contribution in [0.25, 0.3) is 0 Å². The molecule has 1 fully saturated rings. The van der Waals surface area contributed by atoms with Gasteiger partial charge in [-0.15, -0.1) is 0 Å². The van der Waals surface area contributed by atoms with Gasteiger partial charge in [-0.1, -0.05) is 13.8 Å². The van der Waals surface area contributed by atoms with Crippen molar-refractivity contribution in [2.75, 3.05) is 19.8 Å². The minimum absolute atomic E-state index is 0.743. The summed E-state index contributed by atoms with van der Waals surface area (Å²) in [5.41, 5.74) is 0. The smallest absolute Gasteiger partial charge is 0.0468 e. The molecule has 1 aliphatic rings. The Labute approximate surface area is 94.8 Å². The van der Waals surface area contributed by atoms with E-state index in [2.05, 4.69) is 19.2 Å². The standard InChI is InChI=1S/C13H27NO/c1-3-9-14-13(4-2)6-5-12-7-10-15-11-8-12/h12-14H,3-11H2,1-2H3. The average molecular weight is 213 g/mol. The van der Waals surface area contributed by atoms with Crippen molar-refractivity contribution < 1.29 is 4.74 Å². The first kappa shape index (κ1) is 13.0. The number of hydrogen-bond acceptors (Lipinski definition) is 2. The maximum atomic E-state index is 5.38. The average Bonchev–Trinajstić information content (AvgIpc) is 2.31. The van der Waals surface area contributed by atoms with Crippen LogP contribution < -0.4 is 5.32 Å². The van der Waals surface area contributed by atoms with Gasteiger partial charge < -0.3 is 10.1 Å². The molecule has 1 N–H and O–H groups in total. The maximum Gasteiger partial charge on any atom is 0.0468 e. The van der Waals surface area contributed by atoms with E-state index in [9.17, 15) is 0 Å². The van der Waals surface area contributed by atoms with Gasteiger partial charge in [0.15, 0.2) is 0 Å². The van der Waals surface area contributed by atoms with E-state index in [1.165, 1.54) is 45.1 Å². The van der Waals surface area contributed by atoms with Crippen LogP contribution in [0.15, 0.2) is 0 Å². The second kappa shape index (κ2) is 8.12. The summed E-state index contributed by atoms with van der Waals surface area (Å²) in [5.74, 6) is 0.927. The van der Waals surface area contributed by atoms with Crippen LogP contribution >= 0.6 is 0 Å². The van der Waals surface area contributed by atoms with Crippen LogP contribution in [0, 0.1) is 5.92 Å². The fourth-order valence-electron chi connectivity index (χ4n) is 2.27. The number of ether oxygens (including phenoxy) is 1. The molecule has 0 aliphatic carbocycles. The van der Waals surface area contributed by atoms with Crippen molar-refractivity contribution in [3.8, 4) is 0 Å². The van der Waals surface area contributed by atoms with Gasteiger partial charge in [0.05, 0.1) is 0 Å². The predicted octanol–water partition coefficient (Wildman–Crippen LogP) is 2.97. The highest BCUT2D eigenvalue weighted by atomic mass is 16.5. The summed E-state index contributed by atoms with van der Waals surface area (Å²) in [6.45, 7) is 7.68. The molecule has 1 atom stereocenters. The molecule has 0 bridgehead atoms. The third-order valence-corrected chi connectivity index (χ3v) is 3.44. The monoisotopic (exact) mass is 213 g/mol. The molecule has 0 radical (unpaired) electrons. The van der Waals surface area contributed by atoms with Gasteiger partial charge in [-0.2, -0.15) is 0 Å². The van der Waals surface area contributed by atoms with Crippen LogP contribution in [-0.2, 0) is 4.74 Å². The largest absolute Gasteiger partial charge is 0.381 e. The van der Waals surface area contributed by atoms with Crippen LogP contribution in [-0.4, -0.2) is 25.8 Å². The highest BCUT2D eigenvalue weighted by molar-refractivity contribution is 4.70. The quantitative estimate of drug-likeness (QED) is 0.702. The van der Waals surface area contributed by atoms with E-state index >= 15 is 0 Å². The second-order valence-electron chi connectivity index (χ2n) is 4.69. The molecule has 15 heavy (non-hydrogen) atoms. The van der Waals surface area contributed by atoms with Crippen molar-refractivity contribution in [1.29, 1.82) is 0 Å². The lowest BCUT2D eigenvalue weighted by Crippen LogP contribution is -2.30. The van der Waals surface area contributed by atoms with E-state index in [-0.39, 0.29) is 0 Å². The molecule has 1 aliphatic heterocycles. The van der Waals surface area contributed by atoms with E-state index in [0.717, 1.165) is 25.2 Å². The topological polar surface area (TPSA) is 21.3 Å². The normalized spacial score (nSPS) is 20.4. The number of nitrogens with one attached hydrogen (secondary N) is 1. The summed E-state index contributed by atoms with van der Waals surface area (Å²) in [6.07, 6.45) is 7.81. The summed E-state index contributed by atoms with van der Waals surface area (Å²) in [5, 5.41) is 3.63. The van der Waals surface area contributed by atoms with Gasteiger partial charge in [0, 0.05) is 19.3 Å². The fourth-order valence-corrected chi connectivity index (χ4v) is 2.27. The van der Waals surface area contributed by atoms with Crippen LogP contribution in [0.5, 0.6) is 0 Å². The molecule has 1 rings (SSSR count). The Morgan fingerprint density at radius 2 is 2.00 bits per heavy atom. The molecule has 0 spiro atoms. The summed E-state index contributed by atoms with van der Waals surface area (Å²) in [7, 11) is 0. The van der Waals surface area contributed by atoms with Crippen molar-refractivity contribution in [2.45, 2.75) is 58.4 Å². The van der Waals surface area contributed by atoms with Crippen molar-refractivity contribution in [1.82, 2.24) is 5.32 Å². The SMILES string of the molecule is CCCNC(CC)CCC1CCOCC1. The molecule has 1 unspecified atom stereocenters. The van der Waals surface area contributed by atoms with Gasteiger partial charge in [-0.25, -0.2) is 0 Å².